The minimum atomic E-state index is 0.112. The third-order valence-electron chi connectivity index (χ3n) is 5.57. The standard InChI is InChI=1S/C19H29NO/c1-13-8-6-5-7-9-16(13)20-14(2)10-15-17(20)11-19(3,4)12-18(15)21/h10,13,16H,5-9,11-12H2,1-4H3. The minimum absolute atomic E-state index is 0.112. The molecule has 0 spiro atoms. The lowest BCUT2D eigenvalue weighted by molar-refractivity contribution is 0.0908. The summed E-state index contributed by atoms with van der Waals surface area (Å²) >= 11 is 0. The molecule has 1 aromatic rings. The zero-order valence-corrected chi connectivity index (χ0v) is 14.0. The molecule has 0 saturated heterocycles. The van der Waals surface area contributed by atoms with Gasteiger partial charge in [-0.2, -0.15) is 0 Å². The van der Waals surface area contributed by atoms with E-state index in [9.17, 15) is 4.79 Å². The van der Waals surface area contributed by atoms with Crippen LogP contribution in [0, 0.1) is 18.3 Å². The molecule has 2 aliphatic rings. The second kappa shape index (κ2) is 5.30. The lowest BCUT2D eigenvalue weighted by Crippen LogP contribution is -2.30. The highest BCUT2D eigenvalue weighted by atomic mass is 16.1. The Hall–Kier alpha value is -1.05. The molecule has 2 atom stereocenters. The molecule has 0 N–H and O–H groups in total. The van der Waals surface area contributed by atoms with E-state index >= 15 is 0 Å². The van der Waals surface area contributed by atoms with Gasteiger partial charge in [0.2, 0.25) is 0 Å². The fourth-order valence-corrected chi connectivity index (χ4v) is 4.49. The first-order valence-electron chi connectivity index (χ1n) is 8.63. The van der Waals surface area contributed by atoms with Crippen molar-refractivity contribution in [1.29, 1.82) is 0 Å². The maximum absolute atomic E-state index is 12.5. The van der Waals surface area contributed by atoms with Crippen LogP contribution < -0.4 is 0 Å². The van der Waals surface area contributed by atoms with E-state index in [0.29, 0.717) is 18.2 Å². The van der Waals surface area contributed by atoms with Crippen molar-refractivity contribution in [2.45, 2.75) is 78.7 Å². The molecule has 1 heterocycles. The van der Waals surface area contributed by atoms with Gasteiger partial charge in [-0.1, -0.05) is 40.0 Å². The zero-order chi connectivity index (χ0) is 15.2. The van der Waals surface area contributed by atoms with E-state index in [-0.39, 0.29) is 5.41 Å². The number of nitrogens with zero attached hydrogens (tertiary/aromatic N) is 1. The molecule has 2 heteroatoms. The second-order valence-electron chi connectivity index (χ2n) is 8.14. The van der Waals surface area contributed by atoms with Gasteiger partial charge in [-0.3, -0.25) is 4.79 Å². The van der Waals surface area contributed by atoms with Crippen LogP contribution in [0.2, 0.25) is 0 Å². The van der Waals surface area contributed by atoms with E-state index in [1.807, 2.05) is 0 Å². The van der Waals surface area contributed by atoms with E-state index in [4.69, 9.17) is 0 Å². The van der Waals surface area contributed by atoms with E-state index in [2.05, 4.69) is 38.3 Å². The molecule has 0 amide bonds. The quantitative estimate of drug-likeness (QED) is 0.659. The third-order valence-corrected chi connectivity index (χ3v) is 5.57. The third kappa shape index (κ3) is 2.69. The SMILES string of the molecule is Cc1cc2c(n1C1CCCCCC1C)CC(C)(C)CC2=O. The van der Waals surface area contributed by atoms with Crippen LogP contribution in [0.3, 0.4) is 0 Å². The maximum Gasteiger partial charge on any atom is 0.165 e. The second-order valence-corrected chi connectivity index (χ2v) is 8.14. The average molecular weight is 287 g/mol. The normalized spacial score (nSPS) is 29.0. The fraction of sp³-hybridized carbons (Fsp3) is 0.737. The summed E-state index contributed by atoms with van der Waals surface area (Å²) in [6, 6.07) is 2.75. The Bertz CT molecular complexity index is 552. The molecular weight excluding hydrogens is 258 g/mol. The largest absolute Gasteiger partial charge is 0.345 e. The van der Waals surface area contributed by atoms with Crippen LogP contribution in [0.1, 0.15) is 87.1 Å². The summed E-state index contributed by atoms with van der Waals surface area (Å²) in [5.41, 5.74) is 3.75. The van der Waals surface area contributed by atoms with Gasteiger partial charge in [0.05, 0.1) is 0 Å². The van der Waals surface area contributed by atoms with Gasteiger partial charge in [-0.15, -0.1) is 0 Å². The topological polar surface area (TPSA) is 22.0 Å². The molecule has 0 aliphatic heterocycles. The van der Waals surface area contributed by atoms with Crippen molar-refractivity contribution in [3.8, 4) is 0 Å². The lowest BCUT2D eigenvalue weighted by Gasteiger charge is -2.33. The summed E-state index contributed by atoms with van der Waals surface area (Å²) in [4.78, 5) is 12.5. The van der Waals surface area contributed by atoms with Gasteiger partial charge in [0.15, 0.2) is 5.78 Å². The summed E-state index contributed by atoms with van der Waals surface area (Å²) < 4.78 is 2.55. The fourth-order valence-electron chi connectivity index (χ4n) is 4.49. The number of ketones is 1. The van der Waals surface area contributed by atoms with E-state index in [1.54, 1.807) is 0 Å². The first-order chi connectivity index (χ1) is 9.89. The van der Waals surface area contributed by atoms with E-state index in [0.717, 1.165) is 17.9 Å². The van der Waals surface area contributed by atoms with Gasteiger partial charge in [0.25, 0.3) is 0 Å². The van der Waals surface area contributed by atoms with Gasteiger partial charge in [-0.25, -0.2) is 0 Å². The maximum atomic E-state index is 12.5. The Labute approximate surface area is 128 Å². The van der Waals surface area contributed by atoms with Crippen molar-refractivity contribution >= 4 is 5.78 Å². The molecular formula is C19H29NO. The van der Waals surface area contributed by atoms with Crippen molar-refractivity contribution in [3.63, 3.8) is 0 Å². The molecule has 1 aromatic heterocycles. The van der Waals surface area contributed by atoms with Crippen molar-refractivity contribution in [1.82, 2.24) is 4.57 Å². The molecule has 2 aliphatic carbocycles. The Morgan fingerprint density at radius 2 is 1.86 bits per heavy atom. The number of aryl methyl sites for hydroxylation is 1. The molecule has 3 rings (SSSR count). The number of Topliss-reactive ketones (excluding diaryl/α,β-unsaturated/α-hetero) is 1. The van der Waals surface area contributed by atoms with Gasteiger partial charge in [0.1, 0.15) is 0 Å². The highest BCUT2D eigenvalue weighted by molar-refractivity contribution is 5.99. The molecule has 1 saturated carbocycles. The summed E-state index contributed by atoms with van der Waals surface area (Å²) in [5, 5.41) is 0. The molecule has 0 bridgehead atoms. The highest BCUT2D eigenvalue weighted by Gasteiger charge is 2.36. The molecule has 21 heavy (non-hydrogen) atoms. The first-order valence-corrected chi connectivity index (χ1v) is 8.63. The summed E-state index contributed by atoms with van der Waals surface area (Å²) in [6.07, 6.45) is 8.41. The Morgan fingerprint density at radius 1 is 1.14 bits per heavy atom. The number of carbonyl (C=O) groups is 1. The molecule has 0 aromatic carbocycles. The number of hydrogen-bond donors (Lipinski definition) is 0. The number of fused-ring (bicyclic) bond motifs is 1. The van der Waals surface area contributed by atoms with Crippen molar-refractivity contribution in [2.24, 2.45) is 11.3 Å². The summed E-state index contributed by atoms with van der Waals surface area (Å²) in [6.45, 7) is 9.06. The van der Waals surface area contributed by atoms with Crippen LogP contribution in [0.15, 0.2) is 6.07 Å². The van der Waals surface area contributed by atoms with Crippen LogP contribution in [-0.4, -0.2) is 10.4 Å². The van der Waals surface area contributed by atoms with Gasteiger partial charge in [0, 0.05) is 29.4 Å². The number of carbonyl (C=O) groups excluding carboxylic acids is 1. The van der Waals surface area contributed by atoms with Crippen LogP contribution in [-0.2, 0) is 6.42 Å². The van der Waals surface area contributed by atoms with Crippen LogP contribution in [0.25, 0.3) is 0 Å². The van der Waals surface area contributed by atoms with Crippen molar-refractivity contribution in [3.05, 3.63) is 23.0 Å². The van der Waals surface area contributed by atoms with Crippen molar-refractivity contribution < 1.29 is 4.79 Å². The minimum Gasteiger partial charge on any atom is -0.345 e. The van der Waals surface area contributed by atoms with Gasteiger partial charge < -0.3 is 4.57 Å². The monoisotopic (exact) mass is 287 g/mol. The smallest absolute Gasteiger partial charge is 0.165 e. The van der Waals surface area contributed by atoms with Gasteiger partial charge >= 0.3 is 0 Å². The highest BCUT2D eigenvalue weighted by Crippen LogP contribution is 2.41. The number of rotatable bonds is 1. The summed E-state index contributed by atoms with van der Waals surface area (Å²) in [7, 11) is 0. The molecule has 1 fully saturated rings. The molecule has 2 nitrogen and oxygen atoms in total. The van der Waals surface area contributed by atoms with E-state index in [1.165, 1.54) is 43.5 Å². The molecule has 0 radical (unpaired) electrons. The Morgan fingerprint density at radius 3 is 2.62 bits per heavy atom. The predicted octanol–water partition coefficient (Wildman–Crippen LogP) is 5.09. The first kappa shape index (κ1) is 14.9. The van der Waals surface area contributed by atoms with Crippen LogP contribution >= 0.6 is 0 Å². The zero-order valence-electron chi connectivity index (χ0n) is 14.0. The summed E-state index contributed by atoms with van der Waals surface area (Å²) in [5.74, 6) is 1.08. The average Bonchev–Trinajstić information content (AvgIpc) is 2.56. The predicted molar refractivity (Wildman–Crippen MR) is 86.9 cm³/mol. The van der Waals surface area contributed by atoms with Gasteiger partial charge in [-0.05, 0) is 43.6 Å². The van der Waals surface area contributed by atoms with Crippen LogP contribution in [0.4, 0.5) is 0 Å². The lowest BCUT2D eigenvalue weighted by atomic mass is 9.76. The Balaban J connectivity index is 2.05. The number of hydrogen-bond acceptors (Lipinski definition) is 1. The Kier molecular flexibility index (Phi) is 3.75. The van der Waals surface area contributed by atoms with E-state index < -0.39 is 0 Å². The van der Waals surface area contributed by atoms with Crippen LogP contribution in [0.5, 0.6) is 0 Å². The molecule has 2 unspecified atom stereocenters. The van der Waals surface area contributed by atoms with Crippen molar-refractivity contribution in [2.75, 3.05) is 0 Å². The number of aromatic nitrogens is 1. The molecule has 116 valence electrons.